The second-order valence-electron chi connectivity index (χ2n) is 10.1. The molecule has 2 aliphatic rings. The van der Waals surface area contributed by atoms with Crippen molar-refractivity contribution in [1.82, 2.24) is 9.88 Å². The number of ether oxygens (including phenoxy) is 3. The smallest absolute Gasteiger partial charge is 0.162 e. The Morgan fingerprint density at radius 2 is 1.78 bits per heavy atom. The molecule has 0 spiro atoms. The molecule has 3 heterocycles. The van der Waals surface area contributed by atoms with Crippen LogP contribution in [0.4, 0.5) is 0 Å². The molecule has 37 heavy (non-hydrogen) atoms. The van der Waals surface area contributed by atoms with Gasteiger partial charge in [0.2, 0.25) is 0 Å². The molecule has 0 amide bonds. The molecule has 1 unspecified atom stereocenters. The van der Waals surface area contributed by atoms with E-state index >= 15 is 0 Å². The van der Waals surface area contributed by atoms with Crippen LogP contribution in [0.15, 0.2) is 72.8 Å². The zero-order valence-corrected chi connectivity index (χ0v) is 21.2. The van der Waals surface area contributed by atoms with E-state index in [-0.39, 0.29) is 0 Å². The second kappa shape index (κ2) is 8.86. The van der Waals surface area contributed by atoms with Crippen molar-refractivity contribution in [2.45, 2.75) is 32.0 Å². The zero-order chi connectivity index (χ0) is 24.9. The topological polar surface area (TPSA) is 46.7 Å². The number of methoxy groups -OCH3 is 2. The van der Waals surface area contributed by atoms with Crippen LogP contribution in [-0.2, 0) is 26.0 Å². The molecule has 0 radical (unpaired) electrons. The average molecular weight is 491 g/mol. The zero-order valence-electron chi connectivity index (χ0n) is 21.2. The lowest BCUT2D eigenvalue weighted by Gasteiger charge is -2.40. The van der Waals surface area contributed by atoms with Gasteiger partial charge in [-0.15, -0.1) is 0 Å². The Labute approximate surface area is 216 Å². The van der Waals surface area contributed by atoms with Gasteiger partial charge in [-0.2, -0.15) is 0 Å². The molecule has 0 fully saturated rings. The highest BCUT2D eigenvalue weighted by Crippen LogP contribution is 2.44. The van der Waals surface area contributed by atoms with E-state index in [0.717, 1.165) is 48.7 Å². The molecule has 1 aromatic heterocycles. The van der Waals surface area contributed by atoms with E-state index in [2.05, 4.69) is 76.6 Å². The summed E-state index contributed by atoms with van der Waals surface area (Å²) in [7, 11) is 3.46. The summed E-state index contributed by atoms with van der Waals surface area (Å²) >= 11 is 0. The summed E-state index contributed by atoms with van der Waals surface area (Å²) in [6.45, 7) is 2.47. The standard InChI is InChI=1S/C32H30N2O3/c1-35-24-9-10-28-26(15-24)27-16-30-25-17-32(37-19-20-7-8-21-5-3-4-6-22(21)13-20)31(36-2)14-23(25)11-12-34(30)18-29(27)33-28/h3-10,13-15,17,30,33H,11-12,16,18-19H2,1-2H3. The van der Waals surface area contributed by atoms with Crippen LogP contribution < -0.4 is 14.2 Å². The summed E-state index contributed by atoms with van der Waals surface area (Å²) in [6, 6.07) is 26.0. The maximum Gasteiger partial charge on any atom is 0.162 e. The number of aromatic amines is 1. The van der Waals surface area contributed by atoms with Crippen LogP contribution in [0.25, 0.3) is 21.7 Å². The number of H-pyrrole nitrogens is 1. The van der Waals surface area contributed by atoms with Crippen LogP contribution in [0.2, 0.25) is 0 Å². The van der Waals surface area contributed by atoms with E-state index in [0.29, 0.717) is 12.6 Å². The van der Waals surface area contributed by atoms with Crippen LogP contribution in [0.3, 0.4) is 0 Å². The van der Waals surface area contributed by atoms with Crippen molar-refractivity contribution in [2.24, 2.45) is 0 Å². The van der Waals surface area contributed by atoms with Crippen molar-refractivity contribution in [3.8, 4) is 17.2 Å². The Kier molecular flexibility index (Phi) is 5.33. The fraction of sp³-hybridized carbons (Fsp3) is 0.250. The molecule has 4 aromatic carbocycles. The number of rotatable bonds is 5. The minimum atomic E-state index is 0.315. The van der Waals surface area contributed by atoms with Gasteiger partial charge >= 0.3 is 0 Å². The van der Waals surface area contributed by atoms with E-state index in [1.54, 1.807) is 14.2 Å². The van der Waals surface area contributed by atoms with Crippen molar-refractivity contribution < 1.29 is 14.2 Å². The molecular formula is C32H30N2O3. The summed E-state index contributed by atoms with van der Waals surface area (Å²) in [5.41, 5.74) is 7.76. The molecule has 7 rings (SSSR count). The normalized spacial score (nSPS) is 16.8. The summed E-state index contributed by atoms with van der Waals surface area (Å²) in [5, 5.41) is 3.73. The first kappa shape index (κ1) is 22.3. The van der Waals surface area contributed by atoms with Crippen LogP contribution in [0.1, 0.15) is 34.0 Å². The maximum atomic E-state index is 6.40. The molecule has 5 nitrogen and oxygen atoms in total. The SMILES string of the molecule is COc1ccc2[nH]c3c(c2c1)CC1c2cc(OCc4ccc5ccccc5c4)c(OC)cc2CCN1C3. The summed E-state index contributed by atoms with van der Waals surface area (Å²) in [5.74, 6) is 2.51. The van der Waals surface area contributed by atoms with Gasteiger partial charge in [0.15, 0.2) is 11.5 Å². The molecule has 5 aromatic rings. The highest BCUT2D eigenvalue weighted by molar-refractivity contribution is 5.86. The quantitative estimate of drug-likeness (QED) is 0.303. The van der Waals surface area contributed by atoms with Gasteiger partial charge in [-0.25, -0.2) is 0 Å². The van der Waals surface area contributed by atoms with Crippen molar-refractivity contribution in [3.63, 3.8) is 0 Å². The first-order valence-corrected chi connectivity index (χ1v) is 12.9. The molecular weight excluding hydrogens is 460 g/mol. The van der Waals surface area contributed by atoms with Gasteiger partial charge < -0.3 is 19.2 Å². The lowest BCUT2D eigenvalue weighted by atomic mass is 9.85. The van der Waals surface area contributed by atoms with Gasteiger partial charge in [0.05, 0.1) is 14.2 Å². The van der Waals surface area contributed by atoms with Crippen molar-refractivity contribution in [2.75, 3.05) is 20.8 Å². The number of hydrogen-bond acceptors (Lipinski definition) is 4. The first-order chi connectivity index (χ1) is 18.2. The van der Waals surface area contributed by atoms with Gasteiger partial charge in [-0.1, -0.05) is 36.4 Å². The Morgan fingerprint density at radius 3 is 2.65 bits per heavy atom. The van der Waals surface area contributed by atoms with Gasteiger partial charge in [-0.05, 0) is 82.3 Å². The van der Waals surface area contributed by atoms with Gasteiger partial charge in [0.25, 0.3) is 0 Å². The van der Waals surface area contributed by atoms with E-state index in [9.17, 15) is 0 Å². The molecule has 2 aliphatic heterocycles. The van der Waals surface area contributed by atoms with Gasteiger partial charge in [0, 0.05) is 35.7 Å². The second-order valence-corrected chi connectivity index (χ2v) is 10.1. The third-order valence-corrected chi connectivity index (χ3v) is 8.06. The Morgan fingerprint density at radius 1 is 0.892 bits per heavy atom. The lowest BCUT2D eigenvalue weighted by molar-refractivity contribution is 0.158. The first-order valence-electron chi connectivity index (χ1n) is 12.9. The molecule has 0 saturated heterocycles. The van der Waals surface area contributed by atoms with Crippen LogP contribution in [-0.4, -0.2) is 30.6 Å². The minimum Gasteiger partial charge on any atom is -0.497 e. The number of benzene rings is 4. The number of hydrogen-bond donors (Lipinski definition) is 1. The van der Waals surface area contributed by atoms with E-state index in [1.807, 2.05) is 6.07 Å². The van der Waals surface area contributed by atoms with Crippen LogP contribution in [0.5, 0.6) is 17.2 Å². The molecule has 5 heteroatoms. The van der Waals surface area contributed by atoms with Gasteiger partial charge in [-0.3, -0.25) is 4.90 Å². The van der Waals surface area contributed by atoms with E-state index in [1.165, 1.54) is 44.1 Å². The highest BCUT2D eigenvalue weighted by atomic mass is 16.5. The summed E-state index contributed by atoms with van der Waals surface area (Å²) in [6.07, 6.45) is 1.97. The predicted molar refractivity (Wildman–Crippen MR) is 147 cm³/mol. The van der Waals surface area contributed by atoms with E-state index < -0.39 is 0 Å². The van der Waals surface area contributed by atoms with Crippen molar-refractivity contribution >= 4 is 21.7 Å². The average Bonchev–Trinajstić information content (AvgIpc) is 3.30. The minimum absolute atomic E-state index is 0.315. The van der Waals surface area contributed by atoms with E-state index in [4.69, 9.17) is 14.2 Å². The summed E-state index contributed by atoms with van der Waals surface area (Å²) in [4.78, 5) is 6.26. The molecule has 0 saturated carbocycles. The number of fused-ring (bicyclic) bond motifs is 7. The Hall–Kier alpha value is -3.96. The van der Waals surface area contributed by atoms with Gasteiger partial charge in [0.1, 0.15) is 12.4 Å². The van der Waals surface area contributed by atoms with Crippen LogP contribution >= 0.6 is 0 Å². The number of aromatic nitrogens is 1. The molecule has 186 valence electrons. The van der Waals surface area contributed by atoms with Crippen molar-refractivity contribution in [1.29, 1.82) is 0 Å². The molecule has 1 atom stereocenters. The molecule has 0 aliphatic carbocycles. The molecule has 0 bridgehead atoms. The lowest BCUT2D eigenvalue weighted by Crippen LogP contribution is -2.39. The number of nitrogens with one attached hydrogen (secondary N) is 1. The largest absolute Gasteiger partial charge is 0.497 e. The maximum absolute atomic E-state index is 6.40. The van der Waals surface area contributed by atoms with Crippen LogP contribution in [0, 0.1) is 0 Å². The third kappa shape index (κ3) is 3.82. The van der Waals surface area contributed by atoms with Crippen molar-refractivity contribution in [3.05, 3.63) is 101 Å². The summed E-state index contributed by atoms with van der Waals surface area (Å²) < 4.78 is 17.7. The highest BCUT2D eigenvalue weighted by Gasteiger charge is 2.34. The fourth-order valence-electron chi connectivity index (χ4n) is 6.13. The number of nitrogens with zero attached hydrogens (tertiary/aromatic N) is 1. The monoisotopic (exact) mass is 490 g/mol. The predicted octanol–water partition coefficient (Wildman–Crippen LogP) is 6.57. The molecule has 1 N–H and O–H groups in total. The third-order valence-electron chi connectivity index (χ3n) is 8.06. The Balaban J connectivity index is 1.21. The fourth-order valence-corrected chi connectivity index (χ4v) is 6.13. The Bertz CT molecular complexity index is 1640.